The van der Waals surface area contributed by atoms with Gasteiger partial charge in [0.25, 0.3) is 0 Å². The molecule has 196 valence electrons. The molecule has 2 aromatic heterocycles. The predicted molar refractivity (Wildman–Crippen MR) is 144 cm³/mol. The van der Waals surface area contributed by atoms with Crippen molar-refractivity contribution in [3.63, 3.8) is 0 Å². The SMILES string of the molecule is COC(=O)[C@H]1CCC(=O)N1Cc1cc2ncnc(-c3cc(Cl)cc(C)c3C[C@@H]3CNCC(C)(C)O3)c2s1. The number of likely N-dealkylation sites (tertiary alicyclic amines) is 1. The maximum atomic E-state index is 12.5. The van der Waals surface area contributed by atoms with Gasteiger partial charge < -0.3 is 19.7 Å². The minimum atomic E-state index is -0.552. The highest BCUT2D eigenvalue weighted by Gasteiger charge is 2.37. The Labute approximate surface area is 225 Å². The number of halogens is 1. The van der Waals surface area contributed by atoms with Crippen molar-refractivity contribution in [3.8, 4) is 11.3 Å². The second kappa shape index (κ2) is 10.3. The summed E-state index contributed by atoms with van der Waals surface area (Å²) in [6, 6.07) is 5.36. The number of rotatable bonds is 6. The van der Waals surface area contributed by atoms with Gasteiger partial charge in [-0.3, -0.25) is 4.79 Å². The molecule has 0 radical (unpaired) electrons. The number of morpholine rings is 1. The highest BCUT2D eigenvalue weighted by atomic mass is 35.5. The molecule has 1 aromatic carbocycles. The molecule has 2 aliphatic rings. The Kier molecular flexibility index (Phi) is 7.24. The fourth-order valence-electron chi connectivity index (χ4n) is 5.32. The molecule has 0 spiro atoms. The van der Waals surface area contributed by atoms with Crippen molar-refractivity contribution in [3.05, 3.63) is 45.6 Å². The zero-order valence-corrected chi connectivity index (χ0v) is 23.0. The number of ether oxygens (including phenoxy) is 2. The summed E-state index contributed by atoms with van der Waals surface area (Å²) in [5.74, 6) is -0.426. The normalized spacial score (nSPS) is 21.5. The van der Waals surface area contributed by atoms with Crippen LogP contribution in [0.2, 0.25) is 5.02 Å². The fourth-order valence-corrected chi connectivity index (χ4v) is 6.70. The Morgan fingerprint density at radius 2 is 2.14 bits per heavy atom. The number of amides is 1. The Bertz CT molecular complexity index is 1360. The van der Waals surface area contributed by atoms with Crippen LogP contribution in [-0.4, -0.2) is 64.7 Å². The lowest BCUT2D eigenvalue weighted by Crippen LogP contribution is -2.51. The van der Waals surface area contributed by atoms with Gasteiger partial charge in [0, 0.05) is 41.4 Å². The van der Waals surface area contributed by atoms with E-state index in [4.69, 9.17) is 21.1 Å². The van der Waals surface area contributed by atoms with E-state index in [0.29, 0.717) is 24.4 Å². The summed E-state index contributed by atoms with van der Waals surface area (Å²) in [6.45, 7) is 8.18. The van der Waals surface area contributed by atoms with Gasteiger partial charge in [-0.25, -0.2) is 14.8 Å². The number of methoxy groups -OCH3 is 1. The summed E-state index contributed by atoms with van der Waals surface area (Å²) >= 11 is 8.07. The molecule has 37 heavy (non-hydrogen) atoms. The molecular formula is C27H31ClN4O4S. The second-order valence-corrected chi connectivity index (χ2v) is 11.9. The topological polar surface area (TPSA) is 93.7 Å². The lowest BCUT2D eigenvalue weighted by atomic mass is 9.93. The van der Waals surface area contributed by atoms with Crippen molar-refractivity contribution in [2.45, 2.75) is 64.3 Å². The summed E-state index contributed by atoms with van der Waals surface area (Å²) in [6.07, 6.45) is 3.13. The molecule has 2 atom stereocenters. The highest BCUT2D eigenvalue weighted by Crippen LogP contribution is 2.38. The molecule has 3 aromatic rings. The minimum Gasteiger partial charge on any atom is -0.467 e. The summed E-state index contributed by atoms with van der Waals surface area (Å²) in [5.41, 5.74) is 4.56. The molecule has 2 fully saturated rings. The van der Waals surface area contributed by atoms with Gasteiger partial charge in [0.2, 0.25) is 5.91 Å². The van der Waals surface area contributed by atoms with Crippen LogP contribution >= 0.6 is 22.9 Å². The van der Waals surface area contributed by atoms with Crippen LogP contribution in [-0.2, 0) is 32.0 Å². The number of carbonyl (C=O) groups excluding carboxylic acids is 2. The van der Waals surface area contributed by atoms with Crippen LogP contribution in [0.3, 0.4) is 0 Å². The highest BCUT2D eigenvalue weighted by molar-refractivity contribution is 7.19. The van der Waals surface area contributed by atoms with Gasteiger partial charge in [0.1, 0.15) is 12.4 Å². The van der Waals surface area contributed by atoms with Crippen LogP contribution in [0.1, 0.15) is 42.7 Å². The summed E-state index contributed by atoms with van der Waals surface area (Å²) in [4.78, 5) is 36.5. The first-order valence-corrected chi connectivity index (χ1v) is 13.6. The van der Waals surface area contributed by atoms with Crippen LogP contribution < -0.4 is 5.32 Å². The first-order chi connectivity index (χ1) is 17.6. The van der Waals surface area contributed by atoms with Gasteiger partial charge in [-0.1, -0.05) is 11.6 Å². The fraction of sp³-hybridized carbons (Fsp3) is 0.481. The van der Waals surface area contributed by atoms with E-state index in [-0.39, 0.29) is 23.6 Å². The largest absolute Gasteiger partial charge is 0.467 e. The number of esters is 1. The number of fused-ring (bicyclic) bond motifs is 1. The third-order valence-corrected chi connectivity index (χ3v) is 8.36. The third kappa shape index (κ3) is 5.36. The molecule has 10 heteroatoms. The second-order valence-electron chi connectivity index (χ2n) is 10.3. The van der Waals surface area contributed by atoms with Crippen LogP contribution in [0.25, 0.3) is 21.5 Å². The van der Waals surface area contributed by atoms with E-state index in [0.717, 1.165) is 57.0 Å². The average molecular weight is 543 g/mol. The van der Waals surface area contributed by atoms with E-state index < -0.39 is 6.04 Å². The lowest BCUT2D eigenvalue weighted by molar-refractivity contribution is -0.149. The van der Waals surface area contributed by atoms with E-state index in [9.17, 15) is 9.59 Å². The van der Waals surface area contributed by atoms with Gasteiger partial charge in [-0.15, -0.1) is 11.3 Å². The predicted octanol–water partition coefficient (Wildman–Crippen LogP) is 4.29. The Morgan fingerprint density at radius 1 is 1.32 bits per heavy atom. The Balaban J connectivity index is 1.51. The zero-order valence-electron chi connectivity index (χ0n) is 21.5. The number of aromatic nitrogens is 2. The average Bonchev–Trinajstić information content (AvgIpc) is 3.42. The Hall–Kier alpha value is -2.59. The van der Waals surface area contributed by atoms with Crippen molar-refractivity contribution in [1.29, 1.82) is 0 Å². The maximum absolute atomic E-state index is 12.5. The summed E-state index contributed by atoms with van der Waals surface area (Å²) in [7, 11) is 1.35. The molecule has 5 rings (SSSR count). The number of aryl methyl sites for hydroxylation is 1. The molecule has 0 bridgehead atoms. The molecule has 2 aliphatic heterocycles. The van der Waals surface area contributed by atoms with Crippen molar-refractivity contribution < 1.29 is 19.1 Å². The lowest BCUT2D eigenvalue weighted by Gasteiger charge is -2.37. The first-order valence-electron chi connectivity index (χ1n) is 12.4. The molecule has 0 saturated carbocycles. The van der Waals surface area contributed by atoms with Crippen LogP contribution in [0.15, 0.2) is 24.5 Å². The van der Waals surface area contributed by atoms with Gasteiger partial charge in [-0.05, 0) is 56.5 Å². The van der Waals surface area contributed by atoms with Crippen LogP contribution in [0, 0.1) is 6.92 Å². The van der Waals surface area contributed by atoms with Crippen LogP contribution in [0.4, 0.5) is 0 Å². The molecule has 4 heterocycles. The standard InChI is InChI=1S/C27H31ClN4O4S/c1-15-7-16(28)8-20(19(15)9-17-11-29-13-27(2,3)36-17)24-25-21(30-14-31-24)10-18(37-25)12-32-22(26(34)35-4)5-6-23(32)33/h7-8,10,14,17,22,29H,5-6,9,11-13H2,1-4H3/t17-,22-/m1/s1. The minimum absolute atomic E-state index is 0.0232. The van der Waals surface area contributed by atoms with Gasteiger partial charge >= 0.3 is 5.97 Å². The first kappa shape index (κ1) is 26.0. The maximum Gasteiger partial charge on any atom is 0.328 e. The van der Waals surface area contributed by atoms with E-state index in [2.05, 4.69) is 36.1 Å². The number of hydrogen-bond donors (Lipinski definition) is 1. The molecular weight excluding hydrogens is 512 g/mol. The van der Waals surface area contributed by atoms with E-state index >= 15 is 0 Å². The van der Waals surface area contributed by atoms with Crippen LogP contribution in [0.5, 0.6) is 0 Å². The number of carbonyl (C=O) groups is 2. The number of hydrogen-bond acceptors (Lipinski definition) is 8. The summed E-state index contributed by atoms with van der Waals surface area (Å²) in [5, 5.41) is 4.13. The number of nitrogens with zero attached hydrogens (tertiary/aromatic N) is 3. The quantitative estimate of drug-likeness (QED) is 0.464. The van der Waals surface area contributed by atoms with Crippen molar-refractivity contribution in [1.82, 2.24) is 20.2 Å². The number of thiophene rings is 1. The van der Waals surface area contributed by atoms with Gasteiger partial charge in [-0.2, -0.15) is 0 Å². The molecule has 0 unspecified atom stereocenters. The van der Waals surface area contributed by atoms with Crippen molar-refractivity contribution in [2.75, 3.05) is 20.2 Å². The monoisotopic (exact) mass is 542 g/mol. The van der Waals surface area contributed by atoms with Gasteiger partial charge in [0.15, 0.2) is 0 Å². The molecule has 1 N–H and O–H groups in total. The van der Waals surface area contributed by atoms with Crippen molar-refractivity contribution in [2.24, 2.45) is 0 Å². The van der Waals surface area contributed by atoms with E-state index in [1.807, 2.05) is 18.2 Å². The van der Waals surface area contributed by atoms with Crippen molar-refractivity contribution >= 4 is 45.0 Å². The Morgan fingerprint density at radius 3 is 2.89 bits per heavy atom. The van der Waals surface area contributed by atoms with Gasteiger partial charge in [0.05, 0.1) is 41.3 Å². The molecule has 0 aliphatic carbocycles. The number of nitrogens with one attached hydrogen (secondary N) is 1. The van der Waals surface area contributed by atoms with E-state index in [1.54, 1.807) is 11.2 Å². The zero-order chi connectivity index (χ0) is 26.3. The number of benzene rings is 1. The van der Waals surface area contributed by atoms with E-state index in [1.165, 1.54) is 18.4 Å². The molecule has 8 nitrogen and oxygen atoms in total. The molecule has 1 amide bonds. The summed E-state index contributed by atoms with van der Waals surface area (Å²) < 4.78 is 12.2. The molecule has 2 saturated heterocycles. The third-order valence-electron chi connectivity index (χ3n) is 7.02. The smallest absolute Gasteiger partial charge is 0.328 e.